The van der Waals surface area contributed by atoms with E-state index in [1.54, 1.807) is 0 Å². The number of nitrogens with one attached hydrogen (secondary N) is 1. The summed E-state index contributed by atoms with van der Waals surface area (Å²) in [6.07, 6.45) is 2.34. The Hall–Kier alpha value is -1.35. The zero-order chi connectivity index (χ0) is 13.1. The summed E-state index contributed by atoms with van der Waals surface area (Å²) in [5.74, 6) is 0.00565. The summed E-state index contributed by atoms with van der Waals surface area (Å²) in [4.78, 5) is 12.1. The molecule has 3 heteroatoms. The number of rotatable bonds is 3. The quantitative estimate of drug-likeness (QED) is 0.891. The van der Waals surface area contributed by atoms with Gasteiger partial charge in [-0.1, -0.05) is 6.07 Å². The maximum atomic E-state index is 12.1. The fraction of sp³-hybridized carbons (Fsp3) is 0.533. The minimum absolute atomic E-state index is 0.00565. The van der Waals surface area contributed by atoms with E-state index in [9.17, 15) is 4.79 Å². The molecule has 0 spiro atoms. The van der Waals surface area contributed by atoms with Crippen molar-refractivity contribution in [2.45, 2.75) is 39.7 Å². The SMILES string of the molecule is Cc1cc(C)c(C(=O)NC[C@@H]2CCCO2)cc1C. The lowest BCUT2D eigenvalue weighted by atomic mass is 10.0. The number of hydrogen-bond donors (Lipinski definition) is 1. The summed E-state index contributed by atoms with van der Waals surface area (Å²) in [7, 11) is 0. The molecule has 2 rings (SSSR count). The van der Waals surface area contributed by atoms with Crippen LogP contribution in [0.3, 0.4) is 0 Å². The Morgan fingerprint density at radius 3 is 2.67 bits per heavy atom. The summed E-state index contributed by atoms with van der Waals surface area (Å²) in [5.41, 5.74) is 4.19. The number of amides is 1. The smallest absolute Gasteiger partial charge is 0.251 e. The van der Waals surface area contributed by atoms with Crippen LogP contribution in [0.25, 0.3) is 0 Å². The van der Waals surface area contributed by atoms with Crippen molar-refractivity contribution in [2.75, 3.05) is 13.2 Å². The molecule has 18 heavy (non-hydrogen) atoms. The molecule has 0 unspecified atom stereocenters. The van der Waals surface area contributed by atoms with Gasteiger partial charge in [0.05, 0.1) is 6.10 Å². The van der Waals surface area contributed by atoms with Crippen LogP contribution in [0, 0.1) is 20.8 Å². The molecule has 1 N–H and O–H groups in total. The fourth-order valence-corrected chi connectivity index (χ4v) is 2.31. The normalized spacial score (nSPS) is 18.9. The largest absolute Gasteiger partial charge is 0.376 e. The monoisotopic (exact) mass is 247 g/mol. The van der Waals surface area contributed by atoms with Crippen molar-refractivity contribution in [1.82, 2.24) is 5.32 Å². The molecule has 0 bridgehead atoms. The molecule has 3 nitrogen and oxygen atoms in total. The second-order valence-corrected chi connectivity index (χ2v) is 5.10. The van der Waals surface area contributed by atoms with Gasteiger partial charge in [-0.3, -0.25) is 4.79 Å². The molecule has 1 aliphatic heterocycles. The van der Waals surface area contributed by atoms with Crippen molar-refractivity contribution in [1.29, 1.82) is 0 Å². The Balaban J connectivity index is 2.01. The first-order chi connectivity index (χ1) is 8.58. The van der Waals surface area contributed by atoms with Gasteiger partial charge in [-0.2, -0.15) is 0 Å². The minimum atomic E-state index is 0.00565. The van der Waals surface area contributed by atoms with Crippen LogP contribution in [0.1, 0.15) is 39.9 Å². The van der Waals surface area contributed by atoms with Crippen molar-refractivity contribution in [3.63, 3.8) is 0 Å². The van der Waals surface area contributed by atoms with E-state index < -0.39 is 0 Å². The van der Waals surface area contributed by atoms with Crippen LogP contribution in [0.15, 0.2) is 12.1 Å². The van der Waals surface area contributed by atoms with Gasteiger partial charge in [0.2, 0.25) is 0 Å². The molecule has 0 radical (unpaired) electrons. The van der Waals surface area contributed by atoms with E-state index in [4.69, 9.17) is 4.74 Å². The van der Waals surface area contributed by atoms with Gasteiger partial charge in [-0.15, -0.1) is 0 Å². The average molecular weight is 247 g/mol. The third kappa shape index (κ3) is 2.91. The van der Waals surface area contributed by atoms with Gasteiger partial charge in [-0.05, 0) is 56.4 Å². The molecule has 0 saturated carbocycles. The maximum Gasteiger partial charge on any atom is 0.251 e. The Kier molecular flexibility index (Phi) is 4.02. The highest BCUT2D eigenvalue weighted by Crippen LogP contribution is 2.16. The first-order valence-electron chi connectivity index (χ1n) is 6.55. The molecule has 1 atom stereocenters. The van der Waals surface area contributed by atoms with E-state index in [1.807, 2.05) is 19.9 Å². The summed E-state index contributed by atoms with van der Waals surface area (Å²) >= 11 is 0. The number of aryl methyl sites for hydroxylation is 3. The maximum absolute atomic E-state index is 12.1. The van der Waals surface area contributed by atoms with Crippen LogP contribution >= 0.6 is 0 Å². The highest BCUT2D eigenvalue weighted by molar-refractivity contribution is 5.95. The van der Waals surface area contributed by atoms with E-state index >= 15 is 0 Å². The van der Waals surface area contributed by atoms with Crippen LogP contribution in [0.4, 0.5) is 0 Å². The highest BCUT2D eigenvalue weighted by atomic mass is 16.5. The minimum Gasteiger partial charge on any atom is -0.376 e. The van der Waals surface area contributed by atoms with E-state index in [0.29, 0.717) is 6.54 Å². The number of carbonyl (C=O) groups is 1. The number of ether oxygens (including phenoxy) is 1. The topological polar surface area (TPSA) is 38.3 Å². The fourth-order valence-electron chi connectivity index (χ4n) is 2.31. The number of carbonyl (C=O) groups excluding carboxylic acids is 1. The van der Waals surface area contributed by atoms with Gasteiger partial charge in [0.25, 0.3) is 5.91 Å². The number of hydrogen-bond acceptors (Lipinski definition) is 2. The Bertz CT molecular complexity index is 448. The molecule has 98 valence electrons. The molecule has 1 heterocycles. The number of benzene rings is 1. The van der Waals surface area contributed by atoms with Crippen LogP contribution in [-0.4, -0.2) is 25.2 Å². The van der Waals surface area contributed by atoms with Crippen LogP contribution < -0.4 is 5.32 Å². The van der Waals surface area contributed by atoms with Crippen molar-refractivity contribution in [3.8, 4) is 0 Å². The van der Waals surface area contributed by atoms with Gasteiger partial charge in [-0.25, -0.2) is 0 Å². The lowest BCUT2D eigenvalue weighted by Crippen LogP contribution is -2.32. The Labute approximate surface area is 109 Å². The van der Waals surface area contributed by atoms with Gasteiger partial charge >= 0.3 is 0 Å². The van der Waals surface area contributed by atoms with Crippen molar-refractivity contribution in [3.05, 3.63) is 34.4 Å². The third-order valence-corrected chi connectivity index (χ3v) is 3.60. The Morgan fingerprint density at radius 2 is 2.00 bits per heavy atom. The molecule has 1 aliphatic rings. The van der Waals surface area contributed by atoms with E-state index in [2.05, 4.69) is 18.3 Å². The summed E-state index contributed by atoms with van der Waals surface area (Å²) in [6.45, 7) is 7.52. The van der Waals surface area contributed by atoms with E-state index in [-0.39, 0.29) is 12.0 Å². The van der Waals surface area contributed by atoms with Gasteiger partial charge in [0.15, 0.2) is 0 Å². The average Bonchev–Trinajstić information content (AvgIpc) is 2.84. The van der Waals surface area contributed by atoms with Crippen LogP contribution in [0.2, 0.25) is 0 Å². The second-order valence-electron chi connectivity index (χ2n) is 5.10. The summed E-state index contributed by atoms with van der Waals surface area (Å²) in [6, 6.07) is 4.03. The zero-order valence-electron chi connectivity index (χ0n) is 11.4. The molecular weight excluding hydrogens is 226 g/mol. The molecule has 0 aromatic heterocycles. The molecule has 1 fully saturated rings. The van der Waals surface area contributed by atoms with Crippen molar-refractivity contribution in [2.24, 2.45) is 0 Å². The van der Waals surface area contributed by atoms with E-state index in [1.165, 1.54) is 5.56 Å². The first kappa shape index (κ1) is 13.1. The zero-order valence-corrected chi connectivity index (χ0v) is 11.4. The molecule has 1 amide bonds. The third-order valence-electron chi connectivity index (χ3n) is 3.60. The van der Waals surface area contributed by atoms with Crippen LogP contribution in [0.5, 0.6) is 0 Å². The molecule has 1 aromatic carbocycles. The lowest BCUT2D eigenvalue weighted by Gasteiger charge is -2.13. The second kappa shape index (κ2) is 5.53. The Morgan fingerprint density at radius 1 is 1.28 bits per heavy atom. The predicted molar refractivity (Wildman–Crippen MR) is 72.0 cm³/mol. The van der Waals surface area contributed by atoms with Gasteiger partial charge in [0.1, 0.15) is 0 Å². The van der Waals surface area contributed by atoms with Gasteiger partial charge in [0, 0.05) is 18.7 Å². The molecule has 1 saturated heterocycles. The van der Waals surface area contributed by atoms with Crippen molar-refractivity contribution >= 4 is 5.91 Å². The van der Waals surface area contributed by atoms with Crippen molar-refractivity contribution < 1.29 is 9.53 Å². The summed E-state index contributed by atoms with van der Waals surface area (Å²) in [5, 5.41) is 2.96. The predicted octanol–water partition coefficient (Wildman–Crippen LogP) is 2.52. The molecule has 0 aliphatic carbocycles. The standard InChI is InChI=1S/C15H21NO2/c1-10-7-12(3)14(8-11(10)2)15(17)16-9-13-5-4-6-18-13/h7-8,13H,4-6,9H2,1-3H3,(H,16,17)/t13-/m0/s1. The lowest BCUT2D eigenvalue weighted by molar-refractivity contribution is 0.0857. The van der Waals surface area contributed by atoms with E-state index in [0.717, 1.165) is 36.1 Å². The van der Waals surface area contributed by atoms with Crippen LogP contribution in [-0.2, 0) is 4.74 Å². The highest BCUT2D eigenvalue weighted by Gasteiger charge is 2.17. The first-order valence-corrected chi connectivity index (χ1v) is 6.55. The molecular formula is C15H21NO2. The van der Waals surface area contributed by atoms with Gasteiger partial charge < -0.3 is 10.1 Å². The molecule has 1 aromatic rings. The summed E-state index contributed by atoms with van der Waals surface area (Å²) < 4.78 is 5.50.